The van der Waals surface area contributed by atoms with E-state index < -0.39 is 0 Å². The van der Waals surface area contributed by atoms with Crippen LogP contribution >= 0.6 is 11.6 Å². The summed E-state index contributed by atoms with van der Waals surface area (Å²) in [6.07, 6.45) is 2.85. The van der Waals surface area contributed by atoms with Gasteiger partial charge in [-0.15, -0.1) is 0 Å². The molecule has 0 spiro atoms. The molecule has 0 aliphatic rings. The molecule has 2 aromatic heterocycles. The van der Waals surface area contributed by atoms with Crippen molar-refractivity contribution in [3.8, 4) is 28.6 Å². The number of carbonyl (C=O) groups is 1. The van der Waals surface area contributed by atoms with E-state index in [1.165, 1.54) is 0 Å². The molecule has 9 heteroatoms. The van der Waals surface area contributed by atoms with E-state index in [0.717, 1.165) is 16.5 Å². The molecule has 4 rings (SSSR count). The monoisotopic (exact) mass is 468 g/mol. The highest BCUT2D eigenvalue weighted by molar-refractivity contribution is 6.32. The van der Waals surface area contributed by atoms with Crippen molar-refractivity contribution < 1.29 is 18.8 Å². The first-order chi connectivity index (χ1) is 15.9. The molecule has 0 saturated heterocycles. The standard InChI is InChI=1S/C24H25ClN4O4/c1-4-31-22(30)6-5-11-29-20-9-7-16(12-18(20)14-26-29)23-27-24(33-28-23)17-8-10-21(19(25)13-17)32-15(2)3/h7-10,12-15H,4-6,11H2,1-3H3. The van der Waals surface area contributed by atoms with E-state index in [0.29, 0.717) is 54.0 Å². The maximum atomic E-state index is 11.5. The minimum Gasteiger partial charge on any atom is -0.489 e. The zero-order valence-electron chi connectivity index (χ0n) is 18.7. The van der Waals surface area contributed by atoms with Crippen LogP contribution in [0.15, 0.2) is 47.1 Å². The Hall–Kier alpha value is -3.39. The van der Waals surface area contributed by atoms with Crippen LogP contribution in [0.3, 0.4) is 0 Å². The van der Waals surface area contributed by atoms with Crippen molar-refractivity contribution in [2.24, 2.45) is 0 Å². The molecular formula is C24H25ClN4O4. The van der Waals surface area contributed by atoms with Crippen molar-refractivity contribution in [2.45, 2.75) is 46.3 Å². The summed E-state index contributed by atoms with van der Waals surface area (Å²) in [6, 6.07) is 11.2. The average Bonchev–Trinajstić information content (AvgIpc) is 3.42. The number of carbonyl (C=O) groups excluding carboxylic acids is 1. The van der Waals surface area contributed by atoms with E-state index in [4.69, 9.17) is 25.6 Å². The van der Waals surface area contributed by atoms with Gasteiger partial charge in [-0.05, 0) is 63.6 Å². The SMILES string of the molecule is CCOC(=O)CCCn1ncc2cc(-c3noc(-c4ccc(OC(C)C)c(Cl)c4)n3)ccc21. The molecule has 2 aromatic carbocycles. The summed E-state index contributed by atoms with van der Waals surface area (Å²) in [6.45, 7) is 6.72. The third kappa shape index (κ3) is 5.34. The number of hydrogen-bond donors (Lipinski definition) is 0. The fraction of sp³-hybridized carbons (Fsp3) is 0.333. The Morgan fingerprint density at radius 3 is 2.76 bits per heavy atom. The maximum Gasteiger partial charge on any atom is 0.305 e. The predicted octanol–water partition coefficient (Wildman–Crippen LogP) is 5.54. The van der Waals surface area contributed by atoms with Crippen LogP contribution < -0.4 is 4.74 Å². The van der Waals surface area contributed by atoms with E-state index in [1.807, 2.05) is 42.8 Å². The van der Waals surface area contributed by atoms with Crippen molar-refractivity contribution in [2.75, 3.05) is 6.61 Å². The van der Waals surface area contributed by atoms with Crippen molar-refractivity contribution in [1.82, 2.24) is 19.9 Å². The van der Waals surface area contributed by atoms with Gasteiger partial charge < -0.3 is 14.0 Å². The second kappa shape index (κ2) is 10.0. The Kier molecular flexibility index (Phi) is 6.93. The molecule has 0 aliphatic carbocycles. The number of ether oxygens (including phenoxy) is 2. The summed E-state index contributed by atoms with van der Waals surface area (Å²) in [5.74, 6) is 1.27. The number of hydrogen-bond acceptors (Lipinski definition) is 7. The van der Waals surface area contributed by atoms with Crippen LogP contribution in [0.1, 0.15) is 33.6 Å². The highest BCUT2D eigenvalue weighted by Gasteiger charge is 2.14. The molecule has 0 N–H and O–H groups in total. The van der Waals surface area contributed by atoms with Gasteiger partial charge in [0.15, 0.2) is 0 Å². The zero-order valence-corrected chi connectivity index (χ0v) is 19.5. The van der Waals surface area contributed by atoms with Gasteiger partial charge >= 0.3 is 5.97 Å². The number of esters is 1. The number of aryl methyl sites for hydroxylation is 1. The van der Waals surface area contributed by atoms with E-state index in [2.05, 4.69) is 15.2 Å². The first-order valence-electron chi connectivity index (χ1n) is 10.9. The minimum absolute atomic E-state index is 0.0280. The van der Waals surface area contributed by atoms with Crippen LogP contribution in [0.2, 0.25) is 5.02 Å². The number of benzene rings is 2. The van der Waals surface area contributed by atoms with Gasteiger partial charge in [-0.2, -0.15) is 10.1 Å². The Balaban J connectivity index is 1.49. The average molecular weight is 469 g/mol. The largest absolute Gasteiger partial charge is 0.489 e. The topological polar surface area (TPSA) is 92.3 Å². The molecule has 0 radical (unpaired) electrons. The molecule has 8 nitrogen and oxygen atoms in total. The number of fused-ring (bicyclic) bond motifs is 1. The Morgan fingerprint density at radius 1 is 1.18 bits per heavy atom. The van der Waals surface area contributed by atoms with Crippen LogP contribution in [0.4, 0.5) is 0 Å². The van der Waals surface area contributed by atoms with E-state index in [1.54, 1.807) is 25.3 Å². The molecule has 0 fully saturated rings. The second-order valence-electron chi connectivity index (χ2n) is 7.78. The van der Waals surface area contributed by atoms with Crippen LogP contribution in [-0.4, -0.2) is 38.6 Å². The summed E-state index contributed by atoms with van der Waals surface area (Å²) >= 11 is 6.33. The molecule has 33 heavy (non-hydrogen) atoms. The van der Waals surface area contributed by atoms with Crippen LogP contribution in [-0.2, 0) is 16.1 Å². The fourth-order valence-corrected chi connectivity index (χ4v) is 3.68. The molecule has 0 bridgehead atoms. The fourth-order valence-electron chi connectivity index (χ4n) is 3.45. The smallest absolute Gasteiger partial charge is 0.305 e. The lowest BCUT2D eigenvalue weighted by atomic mass is 10.1. The molecule has 2 heterocycles. The number of rotatable bonds is 9. The highest BCUT2D eigenvalue weighted by Crippen LogP contribution is 2.31. The molecule has 0 saturated carbocycles. The summed E-state index contributed by atoms with van der Waals surface area (Å²) in [5.41, 5.74) is 2.50. The predicted molar refractivity (Wildman–Crippen MR) is 125 cm³/mol. The molecule has 0 atom stereocenters. The van der Waals surface area contributed by atoms with Gasteiger partial charge in [0.25, 0.3) is 5.89 Å². The second-order valence-corrected chi connectivity index (χ2v) is 8.19. The lowest BCUT2D eigenvalue weighted by Crippen LogP contribution is -2.07. The molecule has 0 aliphatic heterocycles. The van der Waals surface area contributed by atoms with Gasteiger partial charge in [-0.3, -0.25) is 9.48 Å². The van der Waals surface area contributed by atoms with E-state index in [9.17, 15) is 4.79 Å². The Bertz CT molecular complexity index is 1260. The van der Waals surface area contributed by atoms with Gasteiger partial charge in [0.1, 0.15) is 5.75 Å². The number of halogens is 1. The van der Waals surface area contributed by atoms with Crippen molar-refractivity contribution >= 4 is 28.5 Å². The summed E-state index contributed by atoms with van der Waals surface area (Å²) in [5, 5.41) is 10.00. The van der Waals surface area contributed by atoms with E-state index >= 15 is 0 Å². The van der Waals surface area contributed by atoms with Crippen molar-refractivity contribution in [3.63, 3.8) is 0 Å². The highest BCUT2D eigenvalue weighted by atomic mass is 35.5. The van der Waals surface area contributed by atoms with Gasteiger partial charge in [-0.25, -0.2) is 0 Å². The Labute approximate surface area is 196 Å². The van der Waals surface area contributed by atoms with Crippen molar-refractivity contribution in [3.05, 3.63) is 47.6 Å². The van der Waals surface area contributed by atoms with Crippen LogP contribution in [0.25, 0.3) is 33.7 Å². The third-order valence-corrected chi connectivity index (χ3v) is 5.22. The summed E-state index contributed by atoms with van der Waals surface area (Å²) in [4.78, 5) is 16.1. The van der Waals surface area contributed by atoms with Gasteiger partial charge in [0.2, 0.25) is 5.82 Å². The maximum absolute atomic E-state index is 11.5. The Morgan fingerprint density at radius 2 is 2.00 bits per heavy atom. The third-order valence-electron chi connectivity index (χ3n) is 4.92. The lowest BCUT2D eigenvalue weighted by molar-refractivity contribution is -0.143. The molecule has 4 aromatic rings. The molecule has 0 amide bonds. The molecular weight excluding hydrogens is 444 g/mol. The minimum atomic E-state index is -0.187. The van der Waals surface area contributed by atoms with Crippen LogP contribution in [0.5, 0.6) is 5.75 Å². The number of nitrogens with zero attached hydrogens (tertiary/aromatic N) is 4. The van der Waals surface area contributed by atoms with Crippen LogP contribution in [0, 0.1) is 0 Å². The normalized spacial score (nSPS) is 11.3. The van der Waals surface area contributed by atoms with E-state index in [-0.39, 0.29) is 12.1 Å². The first kappa shape index (κ1) is 22.8. The quantitative estimate of drug-likeness (QED) is 0.298. The van der Waals surface area contributed by atoms with Crippen molar-refractivity contribution in [1.29, 1.82) is 0 Å². The summed E-state index contributed by atoms with van der Waals surface area (Å²) in [7, 11) is 0. The van der Waals surface area contributed by atoms with Gasteiger partial charge in [0, 0.05) is 29.5 Å². The molecule has 172 valence electrons. The lowest BCUT2D eigenvalue weighted by Gasteiger charge is -2.11. The van der Waals surface area contributed by atoms with Gasteiger partial charge in [0.05, 0.1) is 29.4 Å². The summed E-state index contributed by atoms with van der Waals surface area (Å²) < 4.78 is 18.0. The number of aromatic nitrogens is 4. The van der Waals surface area contributed by atoms with Gasteiger partial charge in [-0.1, -0.05) is 16.8 Å². The molecule has 0 unspecified atom stereocenters. The zero-order chi connectivity index (χ0) is 23.4. The first-order valence-corrected chi connectivity index (χ1v) is 11.2.